The van der Waals surface area contributed by atoms with E-state index >= 15 is 0 Å². The van der Waals surface area contributed by atoms with Gasteiger partial charge < -0.3 is 15.5 Å². The van der Waals surface area contributed by atoms with Crippen LogP contribution in [0.25, 0.3) is 0 Å². The number of likely N-dealkylation sites (tertiary alicyclic amines) is 1. The molecule has 2 bridgehead atoms. The van der Waals surface area contributed by atoms with Gasteiger partial charge in [0.1, 0.15) is 0 Å². The van der Waals surface area contributed by atoms with E-state index in [0.717, 1.165) is 31.5 Å². The molecule has 3 heterocycles. The molecule has 0 aliphatic carbocycles. The third-order valence-electron chi connectivity index (χ3n) is 5.49. The van der Waals surface area contributed by atoms with E-state index in [2.05, 4.69) is 15.6 Å². The summed E-state index contributed by atoms with van der Waals surface area (Å²) in [6, 6.07) is 9.79. The fourth-order valence-electron chi connectivity index (χ4n) is 4.00. The Hall–Kier alpha value is -2.15. The molecule has 8 heteroatoms. The number of carbonyl (C=O) groups excluding carboxylic acids is 2. The first-order valence-corrected chi connectivity index (χ1v) is 9.48. The lowest BCUT2D eigenvalue weighted by Crippen LogP contribution is -2.39. The molecule has 2 atom stereocenters. The van der Waals surface area contributed by atoms with Crippen molar-refractivity contribution in [2.24, 2.45) is 0 Å². The molecule has 29 heavy (non-hydrogen) atoms. The van der Waals surface area contributed by atoms with Crippen LogP contribution in [0, 0.1) is 6.92 Å². The van der Waals surface area contributed by atoms with Gasteiger partial charge >= 0.3 is 0 Å². The van der Waals surface area contributed by atoms with E-state index in [1.54, 1.807) is 30.6 Å². The first kappa shape index (κ1) is 23.1. The standard InChI is InChI=1S/C21H24N4O2.2ClH/c1-14-3-2-4-18(19(14)24-20(26)15-7-10-22-11-8-15)21(27)25-12-9-16-5-6-17(13-25)23-16;;/h2-4,7-8,10-11,16-17,23H,5-6,9,12-13H2,1H3,(H,24,26);2*1H. The molecule has 0 saturated carbocycles. The fourth-order valence-corrected chi connectivity index (χ4v) is 4.00. The highest BCUT2D eigenvalue weighted by atomic mass is 35.5. The molecular weight excluding hydrogens is 411 g/mol. The van der Waals surface area contributed by atoms with Crippen molar-refractivity contribution in [3.05, 3.63) is 59.4 Å². The van der Waals surface area contributed by atoms with Gasteiger partial charge in [-0.3, -0.25) is 14.6 Å². The summed E-state index contributed by atoms with van der Waals surface area (Å²) in [4.78, 5) is 31.7. The summed E-state index contributed by atoms with van der Waals surface area (Å²) in [6.45, 7) is 3.38. The van der Waals surface area contributed by atoms with Crippen molar-refractivity contribution in [3.8, 4) is 0 Å². The second kappa shape index (κ2) is 10.1. The van der Waals surface area contributed by atoms with Crippen molar-refractivity contribution in [1.82, 2.24) is 15.2 Å². The molecule has 2 saturated heterocycles. The number of hydrogen-bond donors (Lipinski definition) is 2. The van der Waals surface area contributed by atoms with Gasteiger partial charge in [-0.15, -0.1) is 24.8 Å². The molecule has 2 aliphatic heterocycles. The van der Waals surface area contributed by atoms with Crippen molar-refractivity contribution in [3.63, 3.8) is 0 Å². The van der Waals surface area contributed by atoms with Crippen LogP contribution < -0.4 is 10.6 Å². The lowest BCUT2D eigenvalue weighted by molar-refractivity contribution is 0.0749. The molecule has 6 nitrogen and oxygen atoms in total. The van der Waals surface area contributed by atoms with Gasteiger partial charge in [0, 0.05) is 43.1 Å². The molecule has 0 radical (unpaired) electrons. The van der Waals surface area contributed by atoms with Crippen LogP contribution in [0.15, 0.2) is 42.7 Å². The van der Waals surface area contributed by atoms with Crippen LogP contribution in [0.1, 0.15) is 45.5 Å². The Balaban J connectivity index is 0.00000150. The molecule has 2 fully saturated rings. The third kappa shape index (κ3) is 5.07. The molecule has 2 amide bonds. The largest absolute Gasteiger partial charge is 0.337 e. The van der Waals surface area contributed by atoms with Crippen LogP contribution >= 0.6 is 24.8 Å². The zero-order valence-corrected chi connectivity index (χ0v) is 17.9. The minimum atomic E-state index is -0.239. The van der Waals surface area contributed by atoms with Gasteiger partial charge in [0.25, 0.3) is 11.8 Å². The SMILES string of the molecule is Cc1cccc(C(=O)N2CCC3CCC(C2)N3)c1NC(=O)c1ccncc1.Cl.Cl. The van der Waals surface area contributed by atoms with E-state index in [9.17, 15) is 9.59 Å². The zero-order valence-electron chi connectivity index (χ0n) is 16.3. The molecule has 4 rings (SSSR count). The monoisotopic (exact) mass is 436 g/mol. The lowest BCUT2D eigenvalue weighted by Gasteiger charge is -2.26. The molecular formula is C21H26Cl2N4O2. The van der Waals surface area contributed by atoms with E-state index in [-0.39, 0.29) is 36.6 Å². The summed E-state index contributed by atoms with van der Waals surface area (Å²) in [5, 5.41) is 6.53. The summed E-state index contributed by atoms with van der Waals surface area (Å²) in [5.41, 5.74) is 2.53. The number of hydrogen-bond acceptors (Lipinski definition) is 4. The number of nitrogens with zero attached hydrogens (tertiary/aromatic N) is 2. The van der Waals surface area contributed by atoms with Crippen LogP contribution in [-0.2, 0) is 0 Å². The van der Waals surface area contributed by atoms with Crippen molar-refractivity contribution in [2.45, 2.75) is 38.3 Å². The van der Waals surface area contributed by atoms with E-state index in [1.165, 1.54) is 6.42 Å². The first-order valence-electron chi connectivity index (χ1n) is 9.48. The van der Waals surface area contributed by atoms with Gasteiger partial charge in [-0.1, -0.05) is 12.1 Å². The van der Waals surface area contributed by atoms with Gasteiger partial charge in [-0.2, -0.15) is 0 Å². The van der Waals surface area contributed by atoms with Crippen LogP contribution in [0.5, 0.6) is 0 Å². The molecule has 2 aliphatic rings. The Labute approximate surface area is 183 Å². The number of aryl methyl sites for hydroxylation is 1. The van der Waals surface area contributed by atoms with Crippen LogP contribution in [-0.4, -0.2) is 46.9 Å². The average Bonchev–Trinajstić information content (AvgIpc) is 3.02. The number of nitrogens with one attached hydrogen (secondary N) is 2. The normalized spacial score (nSPS) is 20.1. The highest BCUT2D eigenvalue weighted by molar-refractivity contribution is 6.09. The fraction of sp³-hybridized carbons (Fsp3) is 0.381. The van der Waals surface area contributed by atoms with E-state index in [0.29, 0.717) is 28.9 Å². The maximum Gasteiger partial charge on any atom is 0.256 e. The Morgan fingerprint density at radius 3 is 2.55 bits per heavy atom. The number of amides is 2. The van der Waals surface area contributed by atoms with Crippen molar-refractivity contribution < 1.29 is 9.59 Å². The zero-order chi connectivity index (χ0) is 18.8. The van der Waals surface area contributed by atoms with E-state index in [4.69, 9.17) is 0 Å². The second-order valence-electron chi connectivity index (χ2n) is 7.37. The molecule has 2 aromatic rings. The highest BCUT2D eigenvalue weighted by Gasteiger charge is 2.32. The Bertz CT molecular complexity index is 863. The highest BCUT2D eigenvalue weighted by Crippen LogP contribution is 2.26. The van der Waals surface area contributed by atoms with Gasteiger partial charge in [0.05, 0.1) is 11.3 Å². The Morgan fingerprint density at radius 2 is 1.79 bits per heavy atom. The number of halogens is 2. The van der Waals surface area contributed by atoms with Gasteiger partial charge in [0.2, 0.25) is 0 Å². The second-order valence-corrected chi connectivity index (χ2v) is 7.37. The predicted octanol–water partition coefficient (Wildman–Crippen LogP) is 3.45. The Morgan fingerprint density at radius 1 is 1.07 bits per heavy atom. The number of carbonyl (C=O) groups is 2. The summed E-state index contributed by atoms with van der Waals surface area (Å²) in [7, 11) is 0. The van der Waals surface area contributed by atoms with Crippen molar-refractivity contribution in [1.29, 1.82) is 0 Å². The first-order chi connectivity index (χ1) is 13.1. The molecule has 1 aromatic carbocycles. The molecule has 0 spiro atoms. The van der Waals surface area contributed by atoms with Crippen LogP contribution in [0.2, 0.25) is 0 Å². The van der Waals surface area contributed by atoms with Gasteiger partial charge in [-0.25, -0.2) is 0 Å². The summed E-state index contributed by atoms with van der Waals surface area (Å²) in [6.07, 6.45) is 6.46. The predicted molar refractivity (Wildman–Crippen MR) is 118 cm³/mol. The van der Waals surface area contributed by atoms with Gasteiger partial charge in [-0.05, 0) is 49.9 Å². The van der Waals surface area contributed by atoms with E-state index in [1.807, 2.05) is 24.0 Å². The quantitative estimate of drug-likeness (QED) is 0.772. The maximum atomic E-state index is 13.3. The third-order valence-corrected chi connectivity index (χ3v) is 5.49. The number of benzene rings is 1. The van der Waals surface area contributed by atoms with E-state index < -0.39 is 0 Å². The number of rotatable bonds is 3. The lowest BCUT2D eigenvalue weighted by atomic mass is 10.0. The number of para-hydroxylation sites is 1. The summed E-state index contributed by atoms with van der Waals surface area (Å²) < 4.78 is 0. The number of fused-ring (bicyclic) bond motifs is 2. The topological polar surface area (TPSA) is 74.3 Å². The average molecular weight is 437 g/mol. The van der Waals surface area contributed by atoms with Crippen LogP contribution in [0.3, 0.4) is 0 Å². The minimum Gasteiger partial charge on any atom is -0.337 e. The number of anilines is 1. The number of aromatic nitrogens is 1. The number of pyridine rings is 1. The molecule has 1 aromatic heterocycles. The van der Waals surface area contributed by atoms with Gasteiger partial charge in [0.15, 0.2) is 0 Å². The smallest absolute Gasteiger partial charge is 0.256 e. The van der Waals surface area contributed by atoms with Crippen LogP contribution in [0.4, 0.5) is 5.69 Å². The maximum absolute atomic E-state index is 13.3. The minimum absolute atomic E-state index is 0. The molecule has 2 N–H and O–H groups in total. The summed E-state index contributed by atoms with van der Waals surface area (Å²) in [5.74, 6) is -0.254. The van der Waals surface area contributed by atoms with Crippen molar-refractivity contribution in [2.75, 3.05) is 18.4 Å². The Kier molecular flexibility index (Phi) is 8.02. The van der Waals surface area contributed by atoms with Crippen molar-refractivity contribution >= 4 is 42.3 Å². The molecule has 156 valence electrons. The summed E-state index contributed by atoms with van der Waals surface area (Å²) >= 11 is 0. The molecule has 2 unspecified atom stereocenters.